The van der Waals surface area contributed by atoms with E-state index in [0.717, 1.165) is 23.8 Å². The second-order valence-electron chi connectivity index (χ2n) is 6.24. The molecule has 0 saturated carbocycles. The molecule has 0 aliphatic rings. The van der Waals surface area contributed by atoms with Gasteiger partial charge in [0.15, 0.2) is 0 Å². The molecule has 130 valence electrons. The molecule has 0 fully saturated rings. The summed E-state index contributed by atoms with van der Waals surface area (Å²) in [7, 11) is 0. The van der Waals surface area contributed by atoms with Crippen molar-refractivity contribution in [2.24, 2.45) is 0 Å². The zero-order valence-corrected chi connectivity index (χ0v) is 15.2. The Labute approximate surface area is 141 Å². The predicted octanol–water partition coefficient (Wildman–Crippen LogP) is 5.51. The van der Waals surface area contributed by atoms with E-state index in [4.69, 9.17) is 0 Å². The van der Waals surface area contributed by atoms with Gasteiger partial charge in [-0.1, -0.05) is 58.3 Å². The second-order valence-corrected chi connectivity index (χ2v) is 6.24. The van der Waals surface area contributed by atoms with Gasteiger partial charge in [-0.15, -0.1) is 0 Å². The SMILES string of the molecule is CCCCCCCCCCCc1ncc[nH]1.Cc1c[nH]c(C)n1. The Morgan fingerprint density at radius 2 is 1.52 bits per heavy atom. The van der Waals surface area contributed by atoms with E-state index in [1.54, 1.807) is 0 Å². The number of rotatable bonds is 10. The smallest absolute Gasteiger partial charge is 0.105 e. The maximum Gasteiger partial charge on any atom is 0.105 e. The van der Waals surface area contributed by atoms with Gasteiger partial charge in [0.05, 0.1) is 5.69 Å². The zero-order chi connectivity index (χ0) is 16.8. The van der Waals surface area contributed by atoms with Crippen LogP contribution in [0, 0.1) is 13.8 Å². The van der Waals surface area contributed by atoms with Crippen LogP contribution in [0.5, 0.6) is 0 Å². The van der Waals surface area contributed by atoms with Crippen molar-refractivity contribution in [2.75, 3.05) is 0 Å². The van der Waals surface area contributed by atoms with Crippen molar-refractivity contribution in [3.63, 3.8) is 0 Å². The van der Waals surface area contributed by atoms with E-state index in [1.165, 1.54) is 57.8 Å². The highest BCUT2D eigenvalue weighted by Gasteiger charge is 1.95. The third-order valence-corrected chi connectivity index (χ3v) is 3.91. The first-order valence-corrected chi connectivity index (χ1v) is 9.19. The molecule has 2 N–H and O–H groups in total. The first-order valence-electron chi connectivity index (χ1n) is 9.19. The van der Waals surface area contributed by atoms with Crippen molar-refractivity contribution in [1.82, 2.24) is 19.9 Å². The summed E-state index contributed by atoms with van der Waals surface area (Å²) in [4.78, 5) is 14.4. The van der Waals surface area contributed by atoms with Gasteiger partial charge in [0.25, 0.3) is 0 Å². The first kappa shape index (κ1) is 19.5. The van der Waals surface area contributed by atoms with Gasteiger partial charge in [0, 0.05) is 25.0 Å². The van der Waals surface area contributed by atoms with Crippen LogP contribution in [0.25, 0.3) is 0 Å². The van der Waals surface area contributed by atoms with Gasteiger partial charge in [-0.25, -0.2) is 9.97 Å². The molecular weight excluding hydrogens is 284 g/mol. The minimum Gasteiger partial charge on any atom is -0.349 e. The number of imidazole rings is 2. The summed E-state index contributed by atoms with van der Waals surface area (Å²) in [6.07, 6.45) is 19.3. The summed E-state index contributed by atoms with van der Waals surface area (Å²) < 4.78 is 0. The molecule has 0 amide bonds. The highest BCUT2D eigenvalue weighted by atomic mass is 14.9. The molecule has 0 unspecified atom stereocenters. The zero-order valence-electron chi connectivity index (χ0n) is 15.2. The quantitative estimate of drug-likeness (QED) is 0.567. The van der Waals surface area contributed by atoms with Crippen LogP contribution >= 0.6 is 0 Å². The Morgan fingerprint density at radius 1 is 0.870 bits per heavy atom. The minimum absolute atomic E-state index is 0.984. The van der Waals surface area contributed by atoms with Gasteiger partial charge in [0.2, 0.25) is 0 Å². The van der Waals surface area contributed by atoms with Crippen LogP contribution in [0.4, 0.5) is 0 Å². The molecule has 2 rings (SSSR count). The number of aromatic nitrogens is 4. The third-order valence-electron chi connectivity index (χ3n) is 3.91. The number of hydrogen-bond donors (Lipinski definition) is 2. The molecule has 2 aromatic rings. The molecule has 0 bridgehead atoms. The lowest BCUT2D eigenvalue weighted by Gasteiger charge is -2.01. The molecular formula is C19H34N4. The average Bonchev–Trinajstić information content (AvgIpc) is 3.18. The fraction of sp³-hybridized carbons (Fsp3) is 0.684. The first-order chi connectivity index (χ1) is 11.2. The van der Waals surface area contributed by atoms with Crippen molar-refractivity contribution in [3.8, 4) is 0 Å². The number of unbranched alkanes of at least 4 members (excludes halogenated alkanes) is 8. The average molecular weight is 319 g/mol. The fourth-order valence-corrected chi connectivity index (χ4v) is 2.58. The van der Waals surface area contributed by atoms with Crippen LogP contribution < -0.4 is 0 Å². The Balaban J connectivity index is 0.000000313. The Hall–Kier alpha value is -1.58. The van der Waals surface area contributed by atoms with Crippen molar-refractivity contribution in [1.29, 1.82) is 0 Å². The summed E-state index contributed by atoms with van der Waals surface area (Å²) in [6, 6.07) is 0. The molecule has 0 saturated heterocycles. The van der Waals surface area contributed by atoms with Crippen molar-refractivity contribution in [2.45, 2.75) is 85.0 Å². The maximum atomic E-state index is 4.23. The lowest BCUT2D eigenvalue weighted by molar-refractivity contribution is 0.562. The number of nitrogens with zero attached hydrogens (tertiary/aromatic N) is 2. The highest BCUT2D eigenvalue weighted by Crippen LogP contribution is 2.10. The van der Waals surface area contributed by atoms with Crippen LogP contribution in [0.2, 0.25) is 0 Å². The van der Waals surface area contributed by atoms with Crippen LogP contribution in [-0.2, 0) is 6.42 Å². The number of nitrogens with one attached hydrogen (secondary N) is 2. The molecule has 4 heteroatoms. The molecule has 4 nitrogen and oxygen atoms in total. The molecule has 2 heterocycles. The van der Waals surface area contributed by atoms with Crippen molar-refractivity contribution < 1.29 is 0 Å². The summed E-state index contributed by atoms with van der Waals surface area (Å²) >= 11 is 0. The van der Waals surface area contributed by atoms with Crippen LogP contribution in [0.15, 0.2) is 18.6 Å². The lowest BCUT2D eigenvalue weighted by Crippen LogP contribution is -1.88. The molecule has 0 aliphatic carbocycles. The predicted molar refractivity (Wildman–Crippen MR) is 97.6 cm³/mol. The Morgan fingerprint density at radius 3 is 1.96 bits per heavy atom. The van der Waals surface area contributed by atoms with Gasteiger partial charge in [-0.05, 0) is 20.3 Å². The molecule has 0 radical (unpaired) electrons. The second kappa shape index (κ2) is 12.9. The highest BCUT2D eigenvalue weighted by molar-refractivity contribution is 4.95. The Bertz CT molecular complexity index is 457. The molecule has 0 aliphatic heterocycles. The summed E-state index contributed by atoms with van der Waals surface area (Å²) in [5, 5.41) is 0. The fourth-order valence-electron chi connectivity index (χ4n) is 2.58. The van der Waals surface area contributed by atoms with Gasteiger partial charge >= 0.3 is 0 Å². The number of aryl methyl sites for hydroxylation is 3. The molecule has 23 heavy (non-hydrogen) atoms. The van der Waals surface area contributed by atoms with E-state index in [2.05, 4.69) is 26.9 Å². The summed E-state index contributed by atoms with van der Waals surface area (Å²) in [5.74, 6) is 2.13. The minimum atomic E-state index is 0.984. The van der Waals surface area contributed by atoms with Gasteiger partial charge in [-0.2, -0.15) is 0 Å². The van der Waals surface area contributed by atoms with E-state index in [1.807, 2.05) is 32.4 Å². The Kier molecular flexibility index (Phi) is 10.9. The van der Waals surface area contributed by atoms with Gasteiger partial charge in [-0.3, -0.25) is 0 Å². The monoisotopic (exact) mass is 318 g/mol. The van der Waals surface area contributed by atoms with Crippen LogP contribution in [-0.4, -0.2) is 19.9 Å². The molecule has 2 aromatic heterocycles. The normalized spacial score (nSPS) is 10.4. The van der Waals surface area contributed by atoms with E-state index in [9.17, 15) is 0 Å². The van der Waals surface area contributed by atoms with Gasteiger partial charge in [0.1, 0.15) is 11.6 Å². The van der Waals surface area contributed by atoms with E-state index < -0.39 is 0 Å². The largest absolute Gasteiger partial charge is 0.349 e. The van der Waals surface area contributed by atoms with E-state index in [-0.39, 0.29) is 0 Å². The lowest BCUT2D eigenvalue weighted by atomic mass is 10.1. The van der Waals surface area contributed by atoms with Crippen molar-refractivity contribution >= 4 is 0 Å². The number of H-pyrrole nitrogens is 2. The molecule has 0 aromatic carbocycles. The number of hydrogen-bond acceptors (Lipinski definition) is 2. The molecule has 0 atom stereocenters. The van der Waals surface area contributed by atoms with E-state index in [0.29, 0.717) is 0 Å². The topological polar surface area (TPSA) is 57.4 Å². The van der Waals surface area contributed by atoms with E-state index >= 15 is 0 Å². The summed E-state index contributed by atoms with van der Waals surface area (Å²) in [6.45, 7) is 6.17. The standard InChI is InChI=1S/C14H26N2.C5H8N2/c1-2-3-4-5-6-7-8-9-10-11-14-15-12-13-16-14;1-4-3-6-5(2)7-4/h12-13H,2-11H2,1H3,(H,15,16);3H,1-2H3,(H,6,7). The third kappa shape index (κ3) is 10.7. The summed E-state index contributed by atoms with van der Waals surface area (Å²) in [5.41, 5.74) is 1.05. The maximum absolute atomic E-state index is 4.23. The van der Waals surface area contributed by atoms with Crippen LogP contribution in [0.1, 0.15) is 82.1 Å². The number of aromatic amines is 2. The van der Waals surface area contributed by atoms with Crippen LogP contribution in [0.3, 0.4) is 0 Å². The molecule has 0 spiro atoms. The van der Waals surface area contributed by atoms with Crippen molar-refractivity contribution in [3.05, 3.63) is 35.9 Å². The van der Waals surface area contributed by atoms with Gasteiger partial charge < -0.3 is 9.97 Å².